The van der Waals surface area contributed by atoms with Crippen molar-refractivity contribution in [1.82, 2.24) is 0 Å². The third kappa shape index (κ3) is 10.2. The van der Waals surface area contributed by atoms with Crippen molar-refractivity contribution in [3.05, 3.63) is 125 Å². The molecule has 0 aromatic heterocycles. The van der Waals surface area contributed by atoms with Gasteiger partial charge >= 0.3 is 11.9 Å². The highest BCUT2D eigenvalue weighted by molar-refractivity contribution is 5.93. The summed E-state index contributed by atoms with van der Waals surface area (Å²) in [5, 5.41) is 17.5. The second-order valence-electron chi connectivity index (χ2n) is 11.2. The highest BCUT2D eigenvalue weighted by Crippen LogP contribution is 2.45. The average Bonchev–Trinajstić information content (AvgIpc) is 2.95. The molecule has 6 heteroatoms. The fraction of sp³-hybridized carbons (Fsp3) is 0.306. The van der Waals surface area contributed by atoms with Crippen LogP contribution in [0.5, 0.6) is 0 Å². The summed E-state index contributed by atoms with van der Waals surface area (Å²) in [6.45, 7) is 10.7. The zero-order chi connectivity index (χ0) is 31.3. The van der Waals surface area contributed by atoms with E-state index in [-0.39, 0.29) is 16.8 Å². The molecule has 0 aliphatic heterocycles. The van der Waals surface area contributed by atoms with E-state index >= 15 is 0 Å². The van der Waals surface area contributed by atoms with Gasteiger partial charge in [0.05, 0.1) is 11.1 Å². The number of allylic oxidation sites excluding steroid dienone is 4. The van der Waals surface area contributed by atoms with E-state index in [9.17, 15) is 14.4 Å². The predicted octanol–water partition coefficient (Wildman–Crippen LogP) is 7.90. The first-order valence-corrected chi connectivity index (χ1v) is 14.1. The van der Waals surface area contributed by atoms with E-state index in [2.05, 4.69) is 52.0 Å². The van der Waals surface area contributed by atoms with Gasteiger partial charge in [-0.05, 0) is 79.8 Å². The Kier molecular flexibility index (Phi) is 12.9. The number of aromatic carboxylic acids is 2. The zero-order valence-corrected chi connectivity index (χ0v) is 25.2. The van der Waals surface area contributed by atoms with Gasteiger partial charge in [0.1, 0.15) is 0 Å². The molecule has 2 unspecified atom stereocenters. The Balaban J connectivity index is 0.000000228. The maximum absolute atomic E-state index is 11.0. The van der Waals surface area contributed by atoms with Gasteiger partial charge in [0.2, 0.25) is 0 Å². The van der Waals surface area contributed by atoms with E-state index < -0.39 is 11.9 Å². The molecule has 2 atom stereocenters. The third-order valence-corrected chi connectivity index (χ3v) is 7.84. The molecule has 0 amide bonds. The van der Waals surface area contributed by atoms with Crippen LogP contribution >= 0.6 is 0 Å². The van der Waals surface area contributed by atoms with Gasteiger partial charge in [-0.15, -0.1) is 0 Å². The van der Waals surface area contributed by atoms with Crippen molar-refractivity contribution in [1.29, 1.82) is 0 Å². The lowest BCUT2D eigenvalue weighted by Gasteiger charge is -2.42. The molecule has 4 N–H and O–H groups in total. The molecule has 0 bridgehead atoms. The number of hydrogen-bond donors (Lipinski definition) is 3. The van der Waals surface area contributed by atoms with Crippen molar-refractivity contribution in [2.75, 3.05) is 5.73 Å². The lowest BCUT2D eigenvalue weighted by atomic mass is 9.63. The summed E-state index contributed by atoms with van der Waals surface area (Å²) in [7, 11) is 0. The molecule has 0 saturated heterocycles. The van der Waals surface area contributed by atoms with E-state index in [1.807, 2.05) is 30.3 Å². The average molecular weight is 570 g/mol. The van der Waals surface area contributed by atoms with Crippen molar-refractivity contribution in [2.45, 2.75) is 53.9 Å². The maximum atomic E-state index is 11.0. The Morgan fingerprint density at radius 3 is 1.95 bits per heavy atom. The van der Waals surface area contributed by atoms with Gasteiger partial charge in [-0.3, -0.25) is 4.79 Å². The van der Waals surface area contributed by atoms with Gasteiger partial charge in [-0.2, -0.15) is 0 Å². The first-order valence-electron chi connectivity index (χ1n) is 14.1. The van der Waals surface area contributed by atoms with Gasteiger partial charge in [-0.25, -0.2) is 9.59 Å². The summed E-state index contributed by atoms with van der Waals surface area (Å²) < 4.78 is 0. The number of aryl methyl sites for hydroxylation is 2. The highest BCUT2D eigenvalue weighted by atomic mass is 16.4. The van der Waals surface area contributed by atoms with E-state index in [1.165, 1.54) is 17.2 Å². The number of rotatable bonds is 7. The molecule has 0 heterocycles. The molecule has 0 spiro atoms. The Morgan fingerprint density at radius 1 is 0.857 bits per heavy atom. The summed E-state index contributed by atoms with van der Waals surface area (Å²) in [6.07, 6.45) is 8.87. The van der Waals surface area contributed by atoms with Crippen LogP contribution in [0.4, 0.5) is 5.69 Å². The van der Waals surface area contributed by atoms with Gasteiger partial charge in [0.15, 0.2) is 5.78 Å². The Morgan fingerprint density at radius 2 is 1.40 bits per heavy atom. The minimum atomic E-state index is -0.988. The molecule has 0 radical (unpaired) electrons. The molecule has 4 rings (SSSR count). The van der Waals surface area contributed by atoms with E-state index in [0.717, 1.165) is 24.8 Å². The molecule has 3 aromatic rings. The van der Waals surface area contributed by atoms with Crippen LogP contribution in [-0.4, -0.2) is 27.9 Å². The molecular formula is C36H43NO5. The molecule has 42 heavy (non-hydrogen) atoms. The van der Waals surface area contributed by atoms with Crippen LogP contribution in [0, 0.1) is 17.3 Å². The molecular weight excluding hydrogens is 526 g/mol. The predicted molar refractivity (Wildman–Crippen MR) is 170 cm³/mol. The van der Waals surface area contributed by atoms with E-state index in [1.54, 1.807) is 43.3 Å². The van der Waals surface area contributed by atoms with Gasteiger partial charge in [-0.1, -0.05) is 99.2 Å². The largest absolute Gasteiger partial charge is 0.478 e. The van der Waals surface area contributed by atoms with E-state index in [0.29, 0.717) is 23.1 Å². The van der Waals surface area contributed by atoms with Crippen LogP contribution in [0.1, 0.15) is 72.9 Å². The maximum Gasteiger partial charge on any atom is 0.337 e. The SMILES string of the molecule is CC(=O)/C=C/C1C(C)=CCC(C)C1(C)C.Nc1ccccc1C(=O)O.O=C(O)c1ccccc1CCc1ccccc1. The number of benzene rings is 3. The number of nitrogen functional groups attached to an aromatic ring is 1. The number of carbonyl (C=O) groups excluding carboxylic acids is 1. The van der Waals surface area contributed by atoms with Crippen molar-refractivity contribution in [3.8, 4) is 0 Å². The van der Waals surface area contributed by atoms with Crippen molar-refractivity contribution in [2.24, 2.45) is 17.3 Å². The number of carbonyl (C=O) groups is 3. The summed E-state index contributed by atoms with van der Waals surface area (Å²) in [5.41, 5.74) is 9.98. The van der Waals surface area contributed by atoms with Crippen LogP contribution in [-0.2, 0) is 17.6 Å². The van der Waals surface area contributed by atoms with Gasteiger partial charge in [0, 0.05) is 11.6 Å². The van der Waals surface area contributed by atoms with Crippen molar-refractivity contribution >= 4 is 23.4 Å². The van der Waals surface area contributed by atoms with Crippen LogP contribution in [0.15, 0.2) is 103 Å². The molecule has 222 valence electrons. The first-order chi connectivity index (χ1) is 19.8. The van der Waals surface area contributed by atoms with Crippen LogP contribution in [0.25, 0.3) is 0 Å². The lowest BCUT2D eigenvalue weighted by molar-refractivity contribution is -0.112. The summed E-state index contributed by atoms with van der Waals surface area (Å²) in [6, 6.07) is 23.6. The second kappa shape index (κ2) is 16.1. The Bertz CT molecular complexity index is 1410. The van der Waals surface area contributed by atoms with Crippen molar-refractivity contribution < 1.29 is 24.6 Å². The fourth-order valence-electron chi connectivity index (χ4n) is 4.88. The molecule has 3 aromatic carbocycles. The molecule has 1 aliphatic carbocycles. The molecule has 6 nitrogen and oxygen atoms in total. The number of hydrogen-bond acceptors (Lipinski definition) is 4. The third-order valence-electron chi connectivity index (χ3n) is 7.84. The summed E-state index contributed by atoms with van der Waals surface area (Å²) in [4.78, 5) is 32.4. The topological polar surface area (TPSA) is 118 Å². The van der Waals surface area contributed by atoms with Gasteiger partial charge < -0.3 is 15.9 Å². The number of ketones is 1. The molecule has 0 fully saturated rings. The highest BCUT2D eigenvalue weighted by Gasteiger charge is 2.36. The second-order valence-corrected chi connectivity index (χ2v) is 11.2. The van der Waals surface area contributed by atoms with Crippen LogP contribution in [0.2, 0.25) is 0 Å². The standard InChI is InChI=1S/C15H14O2.C14H22O.C7H7NO2/c16-15(17)14-9-5-4-8-13(14)11-10-12-6-2-1-3-7-12;1-10-6-7-11(2)14(4,5)13(10)9-8-12(3)15;8-6-4-2-1-3-5(6)7(9)10/h1-9H,10-11H2,(H,16,17);6,8-9,11,13H,7H2,1-5H3;1-4H,8H2,(H,9,10)/b;9-8+;. The summed E-state index contributed by atoms with van der Waals surface area (Å²) in [5.74, 6) is -0.628. The van der Waals surface area contributed by atoms with Gasteiger partial charge in [0.25, 0.3) is 0 Å². The van der Waals surface area contributed by atoms with Crippen LogP contribution < -0.4 is 5.73 Å². The minimum Gasteiger partial charge on any atom is -0.478 e. The first kappa shape index (κ1) is 33.8. The van der Waals surface area contributed by atoms with E-state index in [4.69, 9.17) is 15.9 Å². The molecule has 0 saturated carbocycles. The zero-order valence-electron chi connectivity index (χ0n) is 25.2. The lowest BCUT2D eigenvalue weighted by Crippen LogP contribution is -2.33. The monoisotopic (exact) mass is 569 g/mol. The number of carboxylic acids is 2. The minimum absolute atomic E-state index is 0.136. The quantitative estimate of drug-likeness (QED) is 0.151. The number of carboxylic acid groups (broad SMARTS) is 2. The normalized spacial score (nSPS) is 17.1. The smallest absolute Gasteiger partial charge is 0.337 e. The van der Waals surface area contributed by atoms with Crippen LogP contribution in [0.3, 0.4) is 0 Å². The van der Waals surface area contributed by atoms with Crippen molar-refractivity contribution in [3.63, 3.8) is 0 Å². The Labute approximate surface area is 249 Å². The fourth-order valence-corrected chi connectivity index (χ4v) is 4.88. The number of para-hydroxylation sites is 1. The molecule has 1 aliphatic rings. The number of nitrogens with two attached hydrogens (primary N) is 1. The summed E-state index contributed by atoms with van der Waals surface area (Å²) >= 11 is 0. The Hall–Kier alpha value is -4.45. The number of anilines is 1.